The van der Waals surface area contributed by atoms with E-state index in [9.17, 15) is 4.79 Å². The van der Waals surface area contributed by atoms with Gasteiger partial charge in [0.15, 0.2) is 0 Å². The number of halogens is 1. The van der Waals surface area contributed by atoms with E-state index < -0.39 is 5.43 Å². The Hall–Kier alpha value is -0.240. The Kier molecular flexibility index (Phi) is 10.7. The molecular weight excluding hydrogens is 200 g/mol. The van der Waals surface area contributed by atoms with Crippen LogP contribution in [0.4, 0.5) is 4.79 Å². The third kappa shape index (κ3) is 11.8. The molecule has 3 heteroatoms. The molecule has 0 aromatic rings. The van der Waals surface area contributed by atoms with Crippen LogP contribution in [-0.4, -0.2) is 12.0 Å². The summed E-state index contributed by atoms with van der Waals surface area (Å²) in [5.74, 6) is 0. The summed E-state index contributed by atoms with van der Waals surface area (Å²) in [6.45, 7) is 2.69. The molecule has 0 atom stereocenters. The maximum atomic E-state index is 10.2. The first kappa shape index (κ1) is 13.8. The average molecular weight is 221 g/mol. The van der Waals surface area contributed by atoms with E-state index in [0.717, 1.165) is 12.8 Å². The maximum Gasteiger partial charge on any atom is 0.403 e. The van der Waals surface area contributed by atoms with Gasteiger partial charge < -0.3 is 4.74 Å². The van der Waals surface area contributed by atoms with Gasteiger partial charge >= 0.3 is 5.43 Å². The lowest BCUT2D eigenvalue weighted by Gasteiger charge is -2.01. The van der Waals surface area contributed by atoms with Crippen LogP contribution >= 0.6 is 11.6 Å². The fourth-order valence-corrected chi connectivity index (χ4v) is 1.47. The zero-order chi connectivity index (χ0) is 10.6. The summed E-state index contributed by atoms with van der Waals surface area (Å²) in [7, 11) is 0. The molecule has 0 aromatic carbocycles. The third-order valence-corrected chi connectivity index (χ3v) is 2.32. The van der Waals surface area contributed by atoms with Gasteiger partial charge in [0.05, 0.1) is 6.61 Å². The number of hydrogen-bond donors (Lipinski definition) is 0. The molecule has 14 heavy (non-hydrogen) atoms. The molecule has 0 radical (unpaired) electrons. The van der Waals surface area contributed by atoms with Crippen LogP contribution in [0.1, 0.15) is 58.3 Å². The Balaban J connectivity index is 2.88. The van der Waals surface area contributed by atoms with Gasteiger partial charge in [-0.2, -0.15) is 0 Å². The fourth-order valence-electron chi connectivity index (χ4n) is 1.39. The summed E-state index contributed by atoms with van der Waals surface area (Å²) in [6.07, 6.45) is 9.95. The van der Waals surface area contributed by atoms with Crippen molar-refractivity contribution in [3.63, 3.8) is 0 Å². The molecule has 0 N–H and O–H groups in total. The lowest BCUT2D eigenvalue weighted by Crippen LogP contribution is -1.96. The molecule has 2 nitrogen and oxygen atoms in total. The predicted molar refractivity (Wildman–Crippen MR) is 59.8 cm³/mol. The number of hydrogen-bond acceptors (Lipinski definition) is 2. The monoisotopic (exact) mass is 220 g/mol. The van der Waals surface area contributed by atoms with E-state index >= 15 is 0 Å². The van der Waals surface area contributed by atoms with Crippen LogP contribution in [-0.2, 0) is 4.74 Å². The van der Waals surface area contributed by atoms with Crippen molar-refractivity contribution in [2.24, 2.45) is 0 Å². The molecule has 0 fully saturated rings. The Labute approximate surface area is 92.0 Å². The van der Waals surface area contributed by atoms with Crippen LogP contribution in [0.15, 0.2) is 0 Å². The normalized spacial score (nSPS) is 10.1. The van der Waals surface area contributed by atoms with Gasteiger partial charge in [0, 0.05) is 11.6 Å². The van der Waals surface area contributed by atoms with Crippen molar-refractivity contribution in [3.8, 4) is 0 Å². The van der Waals surface area contributed by atoms with E-state index in [1.165, 1.54) is 38.5 Å². The number of carbonyl (C=O) groups excluding carboxylic acids is 1. The summed E-state index contributed by atoms with van der Waals surface area (Å²) in [5, 5.41) is 0. The van der Waals surface area contributed by atoms with Crippen LogP contribution in [0.25, 0.3) is 0 Å². The minimum Gasteiger partial charge on any atom is -0.454 e. The Bertz CT molecular complexity index is 137. The van der Waals surface area contributed by atoms with Gasteiger partial charge in [-0.15, -0.1) is 0 Å². The molecule has 0 amide bonds. The Morgan fingerprint density at radius 1 is 1.00 bits per heavy atom. The second kappa shape index (κ2) is 10.8. The second-order valence-corrected chi connectivity index (χ2v) is 3.87. The van der Waals surface area contributed by atoms with E-state index in [2.05, 4.69) is 11.7 Å². The van der Waals surface area contributed by atoms with Crippen molar-refractivity contribution in [1.82, 2.24) is 0 Å². The number of ether oxygens (including phenoxy) is 1. The lowest BCUT2D eigenvalue weighted by molar-refractivity contribution is 0.170. The van der Waals surface area contributed by atoms with E-state index in [0.29, 0.717) is 6.61 Å². The molecule has 0 spiro atoms. The smallest absolute Gasteiger partial charge is 0.403 e. The highest BCUT2D eigenvalue weighted by atomic mass is 35.5. The SMILES string of the molecule is CCCCCCCCCCOC(=O)Cl. The molecule has 0 saturated heterocycles. The second-order valence-electron chi connectivity index (χ2n) is 3.56. The first-order valence-electron chi connectivity index (χ1n) is 5.59. The largest absolute Gasteiger partial charge is 0.454 e. The maximum absolute atomic E-state index is 10.2. The Morgan fingerprint density at radius 2 is 1.50 bits per heavy atom. The van der Waals surface area contributed by atoms with Gasteiger partial charge in [0.25, 0.3) is 0 Å². The van der Waals surface area contributed by atoms with Crippen molar-refractivity contribution < 1.29 is 9.53 Å². The minimum atomic E-state index is -0.687. The van der Waals surface area contributed by atoms with E-state index in [1.54, 1.807) is 0 Å². The van der Waals surface area contributed by atoms with E-state index in [1.807, 2.05) is 0 Å². The molecular formula is C11H21ClO2. The van der Waals surface area contributed by atoms with Crippen LogP contribution < -0.4 is 0 Å². The zero-order valence-electron chi connectivity index (χ0n) is 9.06. The Morgan fingerprint density at radius 3 is 2.00 bits per heavy atom. The molecule has 0 aliphatic carbocycles. The molecule has 84 valence electrons. The number of carbonyl (C=O) groups is 1. The zero-order valence-corrected chi connectivity index (χ0v) is 9.81. The van der Waals surface area contributed by atoms with E-state index in [-0.39, 0.29) is 0 Å². The van der Waals surface area contributed by atoms with Crippen LogP contribution in [0.2, 0.25) is 0 Å². The predicted octanol–water partition coefficient (Wildman–Crippen LogP) is 4.50. The van der Waals surface area contributed by atoms with Crippen molar-refractivity contribution in [2.45, 2.75) is 58.3 Å². The standard InChI is InChI=1S/C11H21ClO2/c1-2-3-4-5-6-7-8-9-10-14-11(12)13/h2-10H2,1H3. The molecule has 0 unspecified atom stereocenters. The van der Waals surface area contributed by atoms with Gasteiger partial charge in [-0.3, -0.25) is 0 Å². The molecule has 0 heterocycles. The van der Waals surface area contributed by atoms with E-state index in [4.69, 9.17) is 11.6 Å². The van der Waals surface area contributed by atoms with Gasteiger partial charge in [0.2, 0.25) is 0 Å². The first-order valence-corrected chi connectivity index (χ1v) is 5.97. The summed E-state index contributed by atoms with van der Waals surface area (Å²) >= 11 is 5.01. The topological polar surface area (TPSA) is 26.3 Å². The molecule has 0 saturated carbocycles. The van der Waals surface area contributed by atoms with Gasteiger partial charge in [-0.25, -0.2) is 4.79 Å². The highest BCUT2D eigenvalue weighted by Crippen LogP contribution is 2.08. The van der Waals surface area contributed by atoms with Gasteiger partial charge in [0.1, 0.15) is 0 Å². The lowest BCUT2D eigenvalue weighted by atomic mass is 10.1. The molecule has 0 bridgehead atoms. The molecule has 0 aliphatic rings. The van der Waals surface area contributed by atoms with Crippen LogP contribution in [0.5, 0.6) is 0 Å². The highest BCUT2D eigenvalue weighted by molar-refractivity contribution is 6.61. The average Bonchev–Trinajstić information content (AvgIpc) is 2.15. The summed E-state index contributed by atoms with van der Waals surface area (Å²) < 4.78 is 4.61. The third-order valence-electron chi connectivity index (χ3n) is 2.21. The molecule has 0 rings (SSSR count). The fraction of sp³-hybridized carbons (Fsp3) is 0.909. The van der Waals surface area contributed by atoms with Crippen LogP contribution in [0.3, 0.4) is 0 Å². The summed E-state index contributed by atoms with van der Waals surface area (Å²) in [4.78, 5) is 10.2. The van der Waals surface area contributed by atoms with Crippen molar-refractivity contribution >= 4 is 17.0 Å². The quantitative estimate of drug-likeness (QED) is 0.422. The molecule has 0 aliphatic heterocycles. The van der Waals surface area contributed by atoms with Gasteiger partial charge in [-0.05, 0) is 6.42 Å². The van der Waals surface area contributed by atoms with Gasteiger partial charge in [-0.1, -0.05) is 51.9 Å². The van der Waals surface area contributed by atoms with Crippen molar-refractivity contribution in [2.75, 3.05) is 6.61 Å². The number of unbranched alkanes of at least 4 members (excludes halogenated alkanes) is 7. The number of rotatable bonds is 9. The molecule has 0 aromatic heterocycles. The first-order chi connectivity index (χ1) is 6.77. The van der Waals surface area contributed by atoms with Crippen LogP contribution in [0, 0.1) is 0 Å². The summed E-state index contributed by atoms with van der Waals surface area (Å²) in [5.41, 5.74) is -0.687. The summed E-state index contributed by atoms with van der Waals surface area (Å²) in [6, 6.07) is 0. The van der Waals surface area contributed by atoms with Crippen molar-refractivity contribution in [3.05, 3.63) is 0 Å². The minimum absolute atomic E-state index is 0.470. The van der Waals surface area contributed by atoms with Crippen molar-refractivity contribution in [1.29, 1.82) is 0 Å². The highest BCUT2D eigenvalue weighted by Gasteiger charge is 1.95.